The highest BCUT2D eigenvalue weighted by Gasteiger charge is 2.23. The SMILES string of the molecule is CSc1ccc(Cl)c(C(=O)Nc2cc(C(C)(C)C)nn2-c2ncccn2)c1. The number of benzene rings is 1. The van der Waals surface area contributed by atoms with Gasteiger partial charge in [0.15, 0.2) is 0 Å². The second-order valence-corrected chi connectivity index (χ2v) is 8.21. The van der Waals surface area contributed by atoms with Crippen molar-refractivity contribution in [3.8, 4) is 5.95 Å². The minimum absolute atomic E-state index is 0.198. The first-order chi connectivity index (χ1) is 12.8. The third-order valence-electron chi connectivity index (χ3n) is 3.88. The van der Waals surface area contributed by atoms with Gasteiger partial charge in [0.2, 0.25) is 0 Å². The van der Waals surface area contributed by atoms with Gasteiger partial charge >= 0.3 is 0 Å². The second kappa shape index (κ2) is 7.70. The summed E-state index contributed by atoms with van der Waals surface area (Å²) in [6.07, 6.45) is 5.21. The van der Waals surface area contributed by atoms with Crippen LogP contribution in [0.3, 0.4) is 0 Å². The van der Waals surface area contributed by atoms with Crippen molar-refractivity contribution in [2.24, 2.45) is 0 Å². The van der Waals surface area contributed by atoms with Crippen molar-refractivity contribution in [1.82, 2.24) is 19.7 Å². The number of carbonyl (C=O) groups is 1. The summed E-state index contributed by atoms with van der Waals surface area (Å²) in [5, 5.41) is 7.88. The van der Waals surface area contributed by atoms with E-state index in [9.17, 15) is 4.79 Å². The van der Waals surface area contributed by atoms with E-state index in [4.69, 9.17) is 11.6 Å². The molecule has 6 nitrogen and oxygen atoms in total. The van der Waals surface area contributed by atoms with Gasteiger partial charge in [0.25, 0.3) is 11.9 Å². The largest absolute Gasteiger partial charge is 0.306 e. The molecular formula is C19H20ClN5OS. The van der Waals surface area contributed by atoms with E-state index in [-0.39, 0.29) is 11.3 Å². The normalized spacial score (nSPS) is 11.4. The Hall–Kier alpha value is -2.38. The fourth-order valence-electron chi connectivity index (χ4n) is 2.38. The number of amides is 1. The van der Waals surface area contributed by atoms with Gasteiger partial charge in [0, 0.05) is 28.8 Å². The molecule has 0 atom stereocenters. The van der Waals surface area contributed by atoms with E-state index in [1.807, 2.05) is 18.4 Å². The van der Waals surface area contributed by atoms with Gasteiger partial charge in [-0.3, -0.25) is 4.79 Å². The molecule has 0 unspecified atom stereocenters. The average Bonchev–Trinajstić information content (AvgIpc) is 3.07. The fourth-order valence-corrected chi connectivity index (χ4v) is 3.02. The van der Waals surface area contributed by atoms with E-state index >= 15 is 0 Å². The van der Waals surface area contributed by atoms with Crippen molar-refractivity contribution in [2.45, 2.75) is 31.1 Å². The van der Waals surface area contributed by atoms with Crippen LogP contribution in [0.4, 0.5) is 5.82 Å². The first-order valence-corrected chi connectivity index (χ1v) is 9.92. The van der Waals surface area contributed by atoms with Gasteiger partial charge in [-0.2, -0.15) is 9.78 Å². The highest BCUT2D eigenvalue weighted by Crippen LogP contribution is 2.27. The third kappa shape index (κ3) is 4.31. The molecule has 0 saturated carbocycles. The van der Waals surface area contributed by atoms with Crippen LogP contribution in [0.1, 0.15) is 36.8 Å². The summed E-state index contributed by atoms with van der Waals surface area (Å²) in [7, 11) is 0. The third-order valence-corrected chi connectivity index (χ3v) is 4.93. The van der Waals surface area contributed by atoms with Crippen molar-refractivity contribution in [3.63, 3.8) is 0 Å². The molecule has 0 radical (unpaired) electrons. The Balaban J connectivity index is 2.01. The van der Waals surface area contributed by atoms with Crippen LogP contribution in [-0.2, 0) is 5.41 Å². The van der Waals surface area contributed by atoms with E-state index in [0.717, 1.165) is 10.6 Å². The molecule has 0 saturated heterocycles. The first-order valence-electron chi connectivity index (χ1n) is 8.32. The van der Waals surface area contributed by atoms with Crippen LogP contribution in [0, 0.1) is 0 Å². The van der Waals surface area contributed by atoms with Gasteiger partial charge < -0.3 is 5.32 Å². The summed E-state index contributed by atoms with van der Waals surface area (Å²) in [5.74, 6) is 0.558. The molecule has 3 aromatic rings. The van der Waals surface area contributed by atoms with Gasteiger partial charge in [0.05, 0.1) is 16.3 Å². The maximum Gasteiger partial charge on any atom is 0.258 e. The Kier molecular flexibility index (Phi) is 5.53. The number of aromatic nitrogens is 4. The van der Waals surface area contributed by atoms with E-state index in [1.165, 1.54) is 4.68 Å². The molecule has 1 amide bonds. The van der Waals surface area contributed by atoms with Crippen LogP contribution >= 0.6 is 23.4 Å². The summed E-state index contributed by atoms with van der Waals surface area (Å²) in [4.78, 5) is 22.3. The van der Waals surface area contributed by atoms with Crippen LogP contribution in [0.15, 0.2) is 47.6 Å². The summed E-state index contributed by atoms with van der Waals surface area (Å²) < 4.78 is 1.53. The molecule has 0 fully saturated rings. The highest BCUT2D eigenvalue weighted by atomic mass is 35.5. The smallest absolute Gasteiger partial charge is 0.258 e. The predicted octanol–water partition coefficient (Wildman–Crippen LogP) is 4.59. The topological polar surface area (TPSA) is 72.7 Å². The highest BCUT2D eigenvalue weighted by molar-refractivity contribution is 7.98. The Labute approximate surface area is 167 Å². The zero-order valence-corrected chi connectivity index (χ0v) is 17.1. The molecule has 2 heterocycles. The van der Waals surface area contributed by atoms with Gasteiger partial charge in [0.1, 0.15) is 5.82 Å². The molecule has 2 aromatic heterocycles. The van der Waals surface area contributed by atoms with Crippen molar-refractivity contribution < 1.29 is 4.79 Å². The molecule has 0 bridgehead atoms. The Morgan fingerprint density at radius 3 is 2.52 bits per heavy atom. The average molecular weight is 402 g/mol. The zero-order chi connectivity index (χ0) is 19.6. The van der Waals surface area contributed by atoms with Crippen molar-refractivity contribution in [1.29, 1.82) is 0 Å². The van der Waals surface area contributed by atoms with Crippen LogP contribution in [0.25, 0.3) is 5.95 Å². The summed E-state index contributed by atoms with van der Waals surface area (Å²) in [5.41, 5.74) is 1.02. The Morgan fingerprint density at radius 1 is 1.19 bits per heavy atom. The summed E-state index contributed by atoms with van der Waals surface area (Å²) >= 11 is 7.78. The number of halogens is 1. The van der Waals surface area contributed by atoms with E-state index in [0.29, 0.717) is 22.4 Å². The summed E-state index contributed by atoms with van der Waals surface area (Å²) in [6.45, 7) is 6.15. The standard InChI is InChI=1S/C19H20ClN5OS/c1-19(2,3)15-11-16(25(24-15)18-21-8-5-9-22-18)23-17(26)13-10-12(27-4)6-7-14(13)20/h5-11H,1-4H3,(H,23,26). The van der Waals surface area contributed by atoms with Crippen LogP contribution in [0.2, 0.25) is 5.02 Å². The molecular weight excluding hydrogens is 382 g/mol. The van der Waals surface area contributed by atoms with E-state index < -0.39 is 0 Å². The molecule has 0 aliphatic heterocycles. The predicted molar refractivity (Wildman–Crippen MR) is 109 cm³/mol. The van der Waals surface area contributed by atoms with Gasteiger partial charge in [-0.15, -0.1) is 11.8 Å². The van der Waals surface area contributed by atoms with Crippen molar-refractivity contribution >= 4 is 35.1 Å². The lowest BCUT2D eigenvalue weighted by Gasteiger charge is -2.13. The van der Waals surface area contributed by atoms with Gasteiger partial charge in [-0.1, -0.05) is 32.4 Å². The monoisotopic (exact) mass is 401 g/mol. The number of thioether (sulfide) groups is 1. The number of carbonyl (C=O) groups excluding carboxylic acids is 1. The lowest BCUT2D eigenvalue weighted by Crippen LogP contribution is -2.16. The molecule has 27 heavy (non-hydrogen) atoms. The Bertz CT molecular complexity index is 966. The summed E-state index contributed by atoms with van der Waals surface area (Å²) in [6, 6.07) is 8.93. The molecule has 3 rings (SSSR count). The quantitative estimate of drug-likeness (QED) is 0.647. The number of nitrogens with one attached hydrogen (secondary N) is 1. The number of nitrogens with zero attached hydrogens (tertiary/aromatic N) is 4. The van der Waals surface area contributed by atoms with Crippen molar-refractivity contribution in [3.05, 3.63) is 59.0 Å². The molecule has 0 spiro atoms. The van der Waals surface area contributed by atoms with Gasteiger partial charge in [-0.25, -0.2) is 9.97 Å². The number of rotatable bonds is 4. The number of anilines is 1. The minimum atomic E-state index is -0.312. The molecule has 0 aliphatic rings. The van der Waals surface area contributed by atoms with E-state index in [2.05, 4.69) is 41.2 Å². The van der Waals surface area contributed by atoms with Crippen LogP contribution < -0.4 is 5.32 Å². The lowest BCUT2D eigenvalue weighted by atomic mass is 9.92. The molecule has 1 aromatic carbocycles. The number of hydrogen-bond acceptors (Lipinski definition) is 5. The van der Waals surface area contributed by atoms with Crippen LogP contribution in [0.5, 0.6) is 0 Å². The van der Waals surface area contributed by atoms with Crippen LogP contribution in [-0.4, -0.2) is 31.9 Å². The fraction of sp³-hybridized carbons (Fsp3) is 0.263. The van der Waals surface area contributed by atoms with Gasteiger partial charge in [-0.05, 0) is 30.5 Å². The number of hydrogen-bond donors (Lipinski definition) is 1. The van der Waals surface area contributed by atoms with E-state index in [1.54, 1.807) is 42.4 Å². The molecule has 0 aliphatic carbocycles. The Morgan fingerprint density at radius 2 is 1.89 bits per heavy atom. The second-order valence-electron chi connectivity index (χ2n) is 6.93. The minimum Gasteiger partial charge on any atom is -0.306 e. The first kappa shape index (κ1) is 19.4. The maximum atomic E-state index is 12.9. The zero-order valence-electron chi connectivity index (χ0n) is 15.5. The molecule has 140 valence electrons. The maximum absolute atomic E-state index is 12.9. The molecule has 1 N–H and O–H groups in total. The lowest BCUT2D eigenvalue weighted by molar-refractivity contribution is 0.102. The van der Waals surface area contributed by atoms with Crippen molar-refractivity contribution in [2.75, 3.05) is 11.6 Å². The molecule has 8 heteroatoms.